The van der Waals surface area contributed by atoms with Crippen LogP contribution >= 0.6 is 11.8 Å². The minimum Gasteiger partial charge on any atom is -0.354 e. The largest absolute Gasteiger partial charge is 0.354 e. The first-order valence-electron chi connectivity index (χ1n) is 10.8. The lowest BCUT2D eigenvalue weighted by molar-refractivity contribution is -0.109. The first-order chi connectivity index (χ1) is 16.0. The van der Waals surface area contributed by atoms with E-state index in [-0.39, 0.29) is 10.9 Å². The zero-order valence-corrected chi connectivity index (χ0v) is 19.9. The third-order valence-electron chi connectivity index (χ3n) is 4.48. The molecule has 2 aromatic heterocycles. The van der Waals surface area contributed by atoms with Crippen LogP contribution < -0.4 is 10.6 Å². The topological polar surface area (TPSA) is 113 Å². The van der Waals surface area contributed by atoms with Gasteiger partial charge >= 0.3 is 0 Å². The Morgan fingerprint density at radius 1 is 1.24 bits per heavy atom. The molecule has 3 aromatic rings. The maximum atomic E-state index is 10.0. The van der Waals surface area contributed by atoms with Gasteiger partial charge in [-0.3, -0.25) is 4.79 Å². The number of aldehydes is 1. The summed E-state index contributed by atoms with van der Waals surface area (Å²) < 4.78 is 5.45. The lowest BCUT2D eigenvalue weighted by Crippen LogP contribution is -2.07. The van der Waals surface area contributed by atoms with Crippen LogP contribution in [0.25, 0.3) is 22.7 Å². The van der Waals surface area contributed by atoms with Gasteiger partial charge in [-0.2, -0.15) is 0 Å². The van der Waals surface area contributed by atoms with E-state index in [1.54, 1.807) is 6.20 Å². The lowest BCUT2D eigenvalue weighted by atomic mass is 10.1. The Morgan fingerprint density at radius 3 is 2.70 bits per heavy atom. The van der Waals surface area contributed by atoms with E-state index in [9.17, 15) is 9.59 Å². The second-order valence-electron chi connectivity index (χ2n) is 7.20. The molecule has 8 nitrogen and oxygen atoms in total. The van der Waals surface area contributed by atoms with Crippen LogP contribution in [0, 0.1) is 0 Å². The normalized spacial score (nSPS) is 10.2. The van der Waals surface area contributed by atoms with E-state index < -0.39 is 0 Å². The number of benzene rings is 1. The van der Waals surface area contributed by atoms with E-state index in [0.29, 0.717) is 18.0 Å². The van der Waals surface area contributed by atoms with Crippen LogP contribution in [0.3, 0.4) is 0 Å². The standard InChI is InChI=1S/C20H25N5O.C4H6O2S/c1-15(9-5-4-8-12-21-2)23-20-22-14-18(24-20)19-13-17(25-26-19)16-10-6-3-7-11-16;1-4(6)7-3-2-5/h3,6-7,10-11,13-14,21H,1,4-5,8-9,12H2,2H3,(H2,22,23,24);2H,3H2,1H3. The van der Waals surface area contributed by atoms with Crippen molar-refractivity contribution in [3.05, 3.63) is 54.9 Å². The van der Waals surface area contributed by atoms with Crippen molar-refractivity contribution in [1.29, 1.82) is 0 Å². The van der Waals surface area contributed by atoms with Crippen LogP contribution in [0.5, 0.6) is 0 Å². The minimum atomic E-state index is -0.00731. The molecule has 3 rings (SSSR count). The Bertz CT molecular complexity index is 1000. The highest BCUT2D eigenvalue weighted by molar-refractivity contribution is 8.14. The van der Waals surface area contributed by atoms with Gasteiger partial charge in [-0.15, -0.1) is 0 Å². The number of H-pyrrole nitrogens is 1. The molecule has 0 aliphatic heterocycles. The SMILES string of the molecule is C=C(CCCCCNC)Nc1ncc(-c2cc(-c3ccccc3)no2)[nH]1.CC(=O)SCC=O. The molecular weight excluding hydrogens is 438 g/mol. The maximum absolute atomic E-state index is 10.0. The van der Waals surface area contributed by atoms with Gasteiger partial charge in [0.1, 0.15) is 17.7 Å². The van der Waals surface area contributed by atoms with Crippen LogP contribution in [-0.2, 0) is 9.59 Å². The van der Waals surface area contributed by atoms with Crippen molar-refractivity contribution < 1.29 is 14.1 Å². The number of hydrogen-bond donors (Lipinski definition) is 3. The second-order valence-corrected chi connectivity index (χ2v) is 8.40. The summed E-state index contributed by atoms with van der Waals surface area (Å²) in [5.41, 5.74) is 3.56. The summed E-state index contributed by atoms with van der Waals surface area (Å²) >= 11 is 1.02. The van der Waals surface area contributed by atoms with Gasteiger partial charge < -0.3 is 24.9 Å². The molecule has 0 amide bonds. The Labute approximate surface area is 198 Å². The lowest BCUT2D eigenvalue weighted by Gasteiger charge is -2.06. The van der Waals surface area contributed by atoms with E-state index in [4.69, 9.17) is 4.52 Å². The van der Waals surface area contributed by atoms with Gasteiger partial charge in [0.15, 0.2) is 10.9 Å². The van der Waals surface area contributed by atoms with E-state index in [1.165, 1.54) is 19.8 Å². The Kier molecular flexibility index (Phi) is 11.7. The van der Waals surface area contributed by atoms with E-state index in [0.717, 1.165) is 53.8 Å². The summed E-state index contributed by atoms with van der Waals surface area (Å²) in [4.78, 5) is 27.1. The smallest absolute Gasteiger partial charge is 0.204 e. The highest BCUT2D eigenvalue weighted by Crippen LogP contribution is 2.25. The predicted molar refractivity (Wildman–Crippen MR) is 134 cm³/mol. The molecule has 0 atom stereocenters. The minimum absolute atomic E-state index is 0.00731. The Balaban J connectivity index is 0.000000479. The summed E-state index contributed by atoms with van der Waals surface area (Å²) in [6, 6.07) is 11.8. The van der Waals surface area contributed by atoms with Gasteiger partial charge in [0, 0.05) is 24.3 Å². The number of hydrogen-bond acceptors (Lipinski definition) is 8. The molecule has 0 bridgehead atoms. The number of carbonyl (C=O) groups is 2. The molecule has 0 aliphatic carbocycles. The highest BCUT2D eigenvalue weighted by Gasteiger charge is 2.11. The number of rotatable bonds is 12. The first kappa shape index (κ1) is 26.1. The summed E-state index contributed by atoms with van der Waals surface area (Å²) in [6.45, 7) is 6.57. The summed E-state index contributed by atoms with van der Waals surface area (Å²) in [6.07, 6.45) is 6.86. The Hall–Kier alpha value is -3.17. The summed E-state index contributed by atoms with van der Waals surface area (Å²) in [7, 11) is 1.98. The number of anilines is 1. The molecule has 33 heavy (non-hydrogen) atoms. The molecule has 176 valence electrons. The van der Waals surface area contributed by atoms with Crippen molar-refractivity contribution in [2.45, 2.75) is 32.6 Å². The molecule has 0 radical (unpaired) electrons. The van der Waals surface area contributed by atoms with Gasteiger partial charge in [-0.1, -0.05) is 60.3 Å². The van der Waals surface area contributed by atoms with E-state index in [2.05, 4.69) is 32.3 Å². The van der Waals surface area contributed by atoms with Gasteiger partial charge in [-0.25, -0.2) is 4.98 Å². The quantitative estimate of drug-likeness (QED) is 0.253. The van der Waals surface area contributed by atoms with Gasteiger partial charge in [0.05, 0.1) is 11.9 Å². The number of nitrogens with one attached hydrogen (secondary N) is 3. The number of imidazole rings is 1. The van der Waals surface area contributed by atoms with Crippen molar-refractivity contribution in [3.8, 4) is 22.7 Å². The fourth-order valence-electron chi connectivity index (χ4n) is 2.86. The maximum Gasteiger partial charge on any atom is 0.204 e. The van der Waals surface area contributed by atoms with Gasteiger partial charge in [-0.05, 0) is 32.9 Å². The van der Waals surface area contributed by atoms with Gasteiger partial charge in [0.2, 0.25) is 5.95 Å². The molecule has 3 N–H and O–H groups in total. The highest BCUT2D eigenvalue weighted by atomic mass is 32.2. The molecule has 0 unspecified atom stereocenters. The molecule has 2 heterocycles. The van der Waals surface area contributed by atoms with Crippen LogP contribution in [0.2, 0.25) is 0 Å². The van der Waals surface area contributed by atoms with Crippen molar-refractivity contribution in [1.82, 2.24) is 20.4 Å². The Morgan fingerprint density at radius 2 is 2.03 bits per heavy atom. The predicted octanol–water partition coefficient (Wildman–Crippen LogP) is 4.90. The number of carbonyl (C=O) groups excluding carboxylic acids is 2. The van der Waals surface area contributed by atoms with Crippen LogP contribution in [-0.4, -0.2) is 45.9 Å². The second kappa shape index (κ2) is 14.8. The number of thioether (sulfide) groups is 1. The molecule has 0 saturated heterocycles. The van der Waals surface area contributed by atoms with E-state index >= 15 is 0 Å². The van der Waals surface area contributed by atoms with Crippen molar-refractivity contribution in [3.63, 3.8) is 0 Å². The molecule has 0 fully saturated rings. The van der Waals surface area contributed by atoms with Crippen molar-refractivity contribution >= 4 is 29.1 Å². The molecule has 1 aromatic carbocycles. The molecular formula is C24H31N5O3S. The molecule has 9 heteroatoms. The average Bonchev–Trinajstić information content (AvgIpc) is 3.48. The van der Waals surface area contributed by atoms with Crippen LogP contribution in [0.4, 0.5) is 5.95 Å². The molecule has 0 spiro atoms. The van der Waals surface area contributed by atoms with E-state index in [1.807, 2.05) is 43.4 Å². The van der Waals surface area contributed by atoms with Gasteiger partial charge in [0.25, 0.3) is 0 Å². The summed E-state index contributed by atoms with van der Waals surface area (Å²) in [5.74, 6) is 1.61. The fraction of sp³-hybridized carbons (Fsp3) is 0.333. The molecule has 0 aliphatic rings. The zero-order valence-electron chi connectivity index (χ0n) is 19.1. The number of allylic oxidation sites excluding steroid dienone is 1. The van der Waals surface area contributed by atoms with Crippen LogP contribution in [0.15, 0.2) is 59.4 Å². The third-order valence-corrected chi connectivity index (χ3v) is 5.19. The summed E-state index contributed by atoms with van der Waals surface area (Å²) in [5, 5.41) is 10.5. The van der Waals surface area contributed by atoms with Crippen LogP contribution in [0.1, 0.15) is 32.6 Å². The van der Waals surface area contributed by atoms with Crippen molar-refractivity contribution in [2.75, 3.05) is 24.7 Å². The number of aromatic amines is 1. The third kappa shape index (κ3) is 9.88. The molecule has 0 saturated carbocycles. The monoisotopic (exact) mass is 469 g/mol. The zero-order chi connectivity index (χ0) is 23.9. The number of unbranched alkanes of at least 4 members (excludes halogenated alkanes) is 2. The average molecular weight is 470 g/mol. The number of nitrogens with zero attached hydrogens (tertiary/aromatic N) is 2. The first-order valence-corrected chi connectivity index (χ1v) is 11.8. The van der Waals surface area contributed by atoms with Crippen molar-refractivity contribution in [2.24, 2.45) is 0 Å². The fourth-order valence-corrected chi connectivity index (χ4v) is 3.16. The number of aromatic nitrogens is 3.